The summed E-state index contributed by atoms with van der Waals surface area (Å²) >= 11 is 0. The van der Waals surface area contributed by atoms with Crippen LogP contribution in [0.5, 0.6) is 11.5 Å². The third kappa shape index (κ3) is 3.03. The molecular weight excluding hydrogens is 314 g/mol. The fourth-order valence-electron chi connectivity index (χ4n) is 3.38. The Labute approximate surface area is 140 Å². The van der Waals surface area contributed by atoms with Gasteiger partial charge in [0.05, 0.1) is 18.6 Å². The molecule has 2 aliphatic rings. The second kappa shape index (κ2) is 7.09. The van der Waals surface area contributed by atoms with Crippen LogP contribution < -0.4 is 9.47 Å². The monoisotopic (exact) mass is 335 g/mol. The lowest BCUT2D eigenvalue weighted by atomic mass is 9.83. The number of para-hydroxylation sites is 1. The summed E-state index contributed by atoms with van der Waals surface area (Å²) in [5.74, 6) is -0.533. The number of rotatable bonds is 5. The fourth-order valence-corrected chi connectivity index (χ4v) is 3.38. The molecule has 1 saturated heterocycles. The zero-order valence-corrected chi connectivity index (χ0v) is 13.6. The SMILES string of the molecule is COCCN1C(=O)CC[C@H](C(=O)O)[C@@H]1c1cccc2c1OCCO2. The first-order valence-corrected chi connectivity index (χ1v) is 8.03. The standard InChI is InChI=1S/C17H21NO6/c1-22-8-7-18-14(19)6-5-12(17(20)21)15(18)11-3-2-4-13-16(11)24-10-9-23-13/h2-4,12,15H,5-10H2,1H3,(H,20,21)/t12-,15-/m0/s1. The number of fused-ring (bicyclic) bond motifs is 1. The van der Waals surface area contributed by atoms with Crippen LogP contribution >= 0.6 is 0 Å². The summed E-state index contributed by atoms with van der Waals surface area (Å²) in [5, 5.41) is 9.66. The fraction of sp³-hybridized carbons (Fsp3) is 0.529. The van der Waals surface area contributed by atoms with E-state index < -0.39 is 17.9 Å². The molecule has 0 aliphatic carbocycles. The van der Waals surface area contributed by atoms with Crippen molar-refractivity contribution >= 4 is 11.9 Å². The average Bonchev–Trinajstić information content (AvgIpc) is 2.59. The minimum atomic E-state index is -0.913. The molecule has 7 nitrogen and oxygen atoms in total. The number of likely N-dealkylation sites (tertiary alicyclic amines) is 1. The van der Waals surface area contributed by atoms with Crippen molar-refractivity contribution in [3.63, 3.8) is 0 Å². The van der Waals surface area contributed by atoms with Gasteiger partial charge in [0.2, 0.25) is 5.91 Å². The van der Waals surface area contributed by atoms with Crippen LogP contribution in [0, 0.1) is 5.92 Å². The lowest BCUT2D eigenvalue weighted by molar-refractivity contribution is -0.152. The maximum absolute atomic E-state index is 12.4. The molecule has 0 radical (unpaired) electrons. The molecule has 1 aromatic carbocycles. The summed E-state index contributed by atoms with van der Waals surface area (Å²) in [5.41, 5.74) is 0.684. The summed E-state index contributed by atoms with van der Waals surface area (Å²) in [7, 11) is 1.56. The van der Waals surface area contributed by atoms with E-state index >= 15 is 0 Å². The lowest BCUT2D eigenvalue weighted by Gasteiger charge is -2.40. The molecular formula is C17H21NO6. The van der Waals surface area contributed by atoms with Crippen molar-refractivity contribution in [3.05, 3.63) is 23.8 Å². The third-order valence-corrected chi connectivity index (χ3v) is 4.48. The van der Waals surface area contributed by atoms with Crippen LogP contribution in [0.3, 0.4) is 0 Å². The molecule has 0 aromatic heterocycles. The van der Waals surface area contributed by atoms with Gasteiger partial charge in [0, 0.05) is 25.6 Å². The van der Waals surface area contributed by atoms with E-state index in [0.717, 1.165) is 0 Å². The summed E-state index contributed by atoms with van der Waals surface area (Å²) in [6, 6.07) is 4.82. The van der Waals surface area contributed by atoms with Gasteiger partial charge in [-0.2, -0.15) is 0 Å². The van der Waals surface area contributed by atoms with Crippen molar-refractivity contribution in [2.45, 2.75) is 18.9 Å². The minimum Gasteiger partial charge on any atom is -0.486 e. The quantitative estimate of drug-likeness (QED) is 0.877. The number of nitrogens with zero attached hydrogens (tertiary/aromatic N) is 1. The van der Waals surface area contributed by atoms with Gasteiger partial charge >= 0.3 is 5.97 Å². The zero-order chi connectivity index (χ0) is 17.1. The molecule has 130 valence electrons. The van der Waals surface area contributed by atoms with Crippen molar-refractivity contribution in [1.82, 2.24) is 4.90 Å². The smallest absolute Gasteiger partial charge is 0.308 e. The normalized spacial score (nSPS) is 23.2. The summed E-state index contributed by atoms with van der Waals surface area (Å²) in [4.78, 5) is 25.8. The van der Waals surface area contributed by atoms with E-state index in [1.54, 1.807) is 24.1 Å². The molecule has 1 amide bonds. The Morgan fingerprint density at radius 3 is 2.92 bits per heavy atom. The summed E-state index contributed by atoms with van der Waals surface area (Å²) < 4.78 is 16.4. The van der Waals surface area contributed by atoms with Gasteiger partial charge in [-0.3, -0.25) is 9.59 Å². The molecule has 1 N–H and O–H groups in total. The molecule has 24 heavy (non-hydrogen) atoms. The van der Waals surface area contributed by atoms with Gasteiger partial charge in [-0.15, -0.1) is 0 Å². The number of amides is 1. The number of carboxylic acids is 1. The number of carboxylic acid groups (broad SMARTS) is 1. The maximum atomic E-state index is 12.4. The molecule has 1 fully saturated rings. The number of benzene rings is 1. The molecule has 2 aliphatic heterocycles. The van der Waals surface area contributed by atoms with Crippen LogP contribution in [0.2, 0.25) is 0 Å². The van der Waals surface area contributed by atoms with Crippen molar-refractivity contribution in [2.75, 3.05) is 33.5 Å². The molecule has 0 bridgehead atoms. The van der Waals surface area contributed by atoms with Crippen LogP contribution in [0.4, 0.5) is 0 Å². The van der Waals surface area contributed by atoms with Gasteiger partial charge in [-0.25, -0.2) is 0 Å². The van der Waals surface area contributed by atoms with E-state index in [-0.39, 0.29) is 12.3 Å². The van der Waals surface area contributed by atoms with Crippen molar-refractivity contribution in [1.29, 1.82) is 0 Å². The number of methoxy groups -OCH3 is 1. The molecule has 3 rings (SSSR count). The first-order valence-electron chi connectivity index (χ1n) is 8.03. The number of aliphatic carboxylic acids is 1. The van der Waals surface area contributed by atoms with Gasteiger partial charge in [-0.05, 0) is 12.5 Å². The van der Waals surface area contributed by atoms with Crippen LogP contribution in [0.1, 0.15) is 24.4 Å². The number of hydrogen-bond donors (Lipinski definition) is 1. The Morgan fingerprint density at radius 2 is 2.17 bits per heavy atom. The first kappa shape index (κ1) is 16.6. The second-order valence-electron chi connectivity index (χ2n) is 5.88. The van der Waals surface area contributed by atoms with E-state index in [1.807, 2.05) is 6.07 Å². The van der Waals surface area contributed by atoms with Crippen molar-refractivity contribution in [3.8, 4) is 11.5 Å². The van der Waals surface area contributed by atoms with Crippen LogP contribution in [0.15, 0.2) is 18.2 Å². The van der Waals surface area contributed by atoms with Gasteiger partial charge < -0.3 is 24.2 Å². The Kier molecular flexibility index (Phi) is 4.89. The van der Waals surface area contributed by atoms with Crippen molar-refractivity contribution < 1.29 is 28.9 Å². The number of carbonyl (C=O) groups is 2. The molecule has 0 spiro atoms. The van der Waals surface area contributed by atoms with Gasteiger partial charge in [0.15, 0.2) is 11.5 Å². The lowest BCUT2D eigenvalue weighted by Crippen LogP contribution is -2.46. The summed E-state index contributed by atoms with van der Waals surface area (Å²) in [6.45, 7) is 1.55. The predicted octanol–water partition coefficient (Wildman–Crippen LogP) is 1.47. The van der Waals surface area contributed by atoms with Crippen LogP contribution in [-0.4, -0.2) is 55.4 Å². The highest BCUT2D eigenvalue weighted by molar-refractivity contribution is 5.82. The third-order valence-electron chi connectivity index (χ3n) is 4.48. The number of piperidine rings is 1. The zero-order valence-electron chi connectivity index (χ0n) is 13.6. The molecule has 1 aromatic rings. The average molecular weight is 335 g/mol. The highest BCUT2D eigenvalue weighted by atomic mass is 16.6. The van der Waals surface area contributed by atoms with Crippen molar-refractivity contribution in [2.24, 2.45) is 5.92 Å². The molecule has 0 saturated carbocycles. The topological polar surface area (TPSA) is 85.3 Å². The Balaban J connectivity index is 2.04. The largest absolute Gasteiger partial charge is 0.486 e. The number of carbonyl (C=O) groups excluding carboxylic acids is 1. The molecule has 2 heterocycles. The highest BCUT2D eigenvalue weighted by Gasteiger charge is 2.42. The maximum Gasteiger partial charge on any atom is 0.308 e. The summed E-state index contributed by atoms with van der Waals surface area (Å²) in [6.07, 6.45) is 0.538. The van der Waals surface area contributed by atoms with Crippen LogP contribution in [0.25, 0.3) is 0 Å². The first-order chi connectivity index (χ1) is 11.6. The number of hydrogen-bond acceptors (Lipinski definition) is 5. The number of ether oxygens (including phenoxy) is 3. The Morgan fingerprint density at radius 1 is 1.38 bits per heavy atom. The van der Waals surface area contributed by atoms with E-state index in [0.29, 0.717) is 49.8 Å². The minimum absolute atomic E-state index is 0.0659. The van der Waals surface area contributed by atoms with Crippen LogP contribution in [-0.2, 0) is 14.3 Å². The Bertz CT molecular complexity index is 632. The Hall–Kier alpha value is -2.28. The molecule has 7 heteroatoms. The predicted molar refractivity (Wildman–Crippen MR) is 84.1 cm³/mol. The van der Waals surface area contributed by atoms with E-state index in [1.165, 1.54) is 0 Å². The molecule has 0 unspecified atom stereocenters. The van der Waals surface area contributed by atoms with Gasteiger partial charge in [0.25, 0.3) is 0 Å². The van der Waals surface area contributed by atoms with Gasteiger partial charge in [0.1, 0.15) is 13.2 Å². The van der Waals surface area contributed by atoms with E-state index in [2.05, 4.69) is 0 Å². The van der Waals surface area contributed by atoms with E-state index in [4.69, 9.17) is 14.2 Å². The highest BCUT2D eigenvalue weighted by Crippen LogP contribution is 2.44. The second-order valence-corrected chi connectivity index (χ2v) is 5.88. The van der Waals surface area contributed by atoms with Gasteiger partial charge in [-0.1, -0.05) is 12.1 Å². The molecule has 2 atom stereocenters. The van der Waals surface area contributed by atoms with E-state index in [9.17, 15) is 14.7 Å².